The predicted molar refractivity (Wildman–Crippen MR) is 67.2 cm³/mol. The first kappa shape index (κ1) is 11.5. The Morgan fingerprint density at radius 2 is 1.94 bits per heavy atom. The van der Waals surface area contributed by atoms with Crippen molar-refractivity contribution in [2.75, 3.05) is 0 Å². The molecule has 2 nitrogen and oxygen atoms in total. The average molecular weight is 296 g/mol. The molecule has 0 spiro atoms. The van der Waals surface area contributed by atoms with Crippen LogP contribution in [0.3, 0.4) is 0 Å². The number of hydrogen-bond acceptors (Lipinski definition) is 2. The summed E-state index contributed by atoms with van der Waals surface area (Å²) in [6.07, 6.45) is 1.93. The molecule has 2 rings (SSSR count). The van der Waals surface area contributed by atoms with Crippen molar-refractivity contribution in [3.8, 4) is 0 Å². The Labute approximate surface area is 107 Å². The summed E-state index contributed by atoms with van der Waals surface area (Å²) in [5, 5.41) is 1.09. The van der Waals surface area contributed by atoms with E-state index in [-0.39, 0.29) is 4.68 Å². The van der Waals surface area contributed by atoms with Crippen molar-refractivity contribution in [2.45, 2.75) is 16.5 Å². The number of benzene rings is 1. The first-order valence-corrected chi connectivity index (χ1v) is 6.61. The molecular formula is C12H11NOSSe. The molecular weight excluding hydrogens is 285 g/mol. The number of hydrogen-bond donors (Lipinski definition) is 0. The normalized spacial score (nSPS) is 10.3. The second-order valence-corrected chi connectivity index (χ2v) is 5.42. The molecule has 0 aliphatic heterocycles. The van der Waals surface area contributed by atoms with Crippen molar-refractivity contribution < 1.29 is 4.79 Å². The number of nitrogens with zero attached hydrogens (tertiary/aromatic N) is 1. The molecule has 0 saturated carbocycles. The third kappa shape index (κ3) is 3.01. The quantitative estimate of drug-likeness (QED) is 0.806. The van der Waals surface area contributed by atoms with Crippen LogP contribution in [0, 0.1) is 0 Å². The third-order valence-corrected chi connectivity index (χ3v) is 3.44. The van der Waals surface area contributed by atoms with Crippen molar-refractivity contribution in [2.24, 2.45) is 0 Å². The summed E-state index contributed by atoms with van der Waals surface area (Å²) in [6, 6.07) is 14.1. The van der Waals surface area contributed by atoms with Crippen LogP contribution in [0.25, 0.3) is 0 Å². The van der Waals surface area contributed by atoms with Gasteiger partial charge < -0.3 is 0 Å². The molecule has 0 saturated heterocycles. The summed E-state index contributed by atoms with van der Waals surface area (Å²) in [6.45, 7) is 0.419. The van der Waals surface area contributed by atoms with Gasteiger partial charge in [0, 0.05) is 0 Å². The fraction of sp³-hybridized carbons (Fsp3) is 0.0833. The van der Waals surface area contributed by atoms with Crippen LogP contribution in [-0.2, 0) is 11.3 Å². The van der Waals surface area contributed by atoms with Crippen LogP contribution in [0.1, 0.15) is 0 Å². The molecule has 0 aliphatic carbocycles. The van der Waals surface area contributed by atoms with Crippen molar-refractivity contribution >= 4 is 32.5 Å². The molecule has 1 aromatic carbocycles. The molecule has 0 atom stereocenters. The number of rotatable bonds is 4. The Kier molecular flexibility index (Phi) is 3.88. The summed E-state index contributed by atoms with van der Waals surface area (Å²) in [7, 11) is 0. The third-order valence-electron chi connectivity index (χ3n) is 2.06. The molecule has 16 heavy (non-hydrogen) atoms. The Balaban J connectivity index is 2.16. The number of aromatic nitrogens is 1. The fourth-order valence-electron chi connectivity index (χ4n) is 1.38. The fourth-order valence-corrected chi connectivity index (χ4v) is 2.62. The minimum atomic E-state index is 0.110. The monoisotopic (exact) mass is 297 g/mol. The molecule has 0 fully saturated rings. The van der Waals surface area contributed by atoms with Crippen molar-refractivity contribution in [1.82, 2.24) is 4.57 Å². The second-order valence-electron chi connectivity index (χ2n) is 3.28. The topological polar surface area (TPSA) is 22.0 Å². The second kappa shape index (κ2) is 5.39. The molecule has 1 heterocycles. The zero-order valence-corrected chi connectivity index (χ0v) is 11.2. The van der Waals surface area contributed by atoms with Crippen LogP contribution >= 0.6 is 11.8 Å². The molecule has 0 unspecified atom stereocenters. The first-order valence-electron chi connectivity index (χ1n) is 4.85. The maximum absolute atomic E-state index is 11.1. The minimum absolute atomic E-state index is 0.110. The molecule has 0 aliphatic rings. The molecule has 0 amide bonds. The average Bonchev–Trinajstić information content (AvgIpc) is 2.66. The Bertz CT molecular complexity index is 481. The summed E-state index contributed by atoms with van der Waals surface area (Å²) < 4.78 is 2.07. The van der Waals surface area contributed by atoms with Gasteiger partial charge in [0.15, 0.2) is 0 Å². The number of carbonyl (C=O) groups is 1. The molecule has 2 aromatic rings. The van der Waals surface area contributed by atoms with Gasteiger partial charge in [0.25, 0.3) is 0 Å². The van der Waals surface area contributed by atoms with Gasteiger partial charge in [-0.15, -0.1) is 0 Å². The molecule has 0 N–H and O–H groups in total. The van der Waals surface area contributed by atoms with Gasteiger partial charge in [-0.25, -0.2) is 0 Å². The van der Waals surface area contributed by atoms with E-state index in [9.17, 15) is 4.79 Å². The summed E-state index contributed by atoms with van der Waals surface area (Å²) in [5.74, 6) is 0. The van der Waals surface area contributed by atoms with Gasteiger partial charge in [-0.1, -0.05) is 0 Å². The molecule has 1 aromatic heterocycles. The van der Waals surface area contributed by atoms with E-state index in [0.29, 0.717) is 6.54 Å². The zero-order chi connectivity index (χ0) is 11.4. The maximum atomic E-state index is 11.1. The van der Waals surface area contributed by atoms with E-state index in [1.165, 1.54) is 4.90 Å². The van der Waals surface area contributed by atoms with Gasteiger partial charge in [0.2, 0.25) is 0 Å². The van der Waals surface area contributed by atoms with Crippen LogP contribution in [-0.4, -0.2) is 25.3 Å². The molecule has 82 valence electrons. The summed E-state index contributed by atoms with van der Waals surface area (Å²) in [4.78, 5) is 12.2. The Morgan fingerprint density at radius 1 is 1.19 bits per heavy atom. The van der Waals surface area contributed by atoms with Crippen LogP contribution in [0.4, 0.5) is 0 Å². The van der Waals surface area contributed by atoms with E-state index in [0.717, 1.165) is 5.03 Å². The molecule has 0 radical (unpaired) electrons. The van der Waals surface area contributed by atoms with Gasteiger partial charge in [-0.2, -0.15) is 0 Å². The molecule has 0 bridgehead atoms. The summed E-state index contributed by atoms with van der Waals surface area (Å²) in [5.41, 5.74) is 0. The SMILES string of the molecule is O=C([SeH])Cn1cccc1Sc1ccccc1. The Hall–Kier alpha value is -0.961. The van der Waals surface area contributed by atoms with E-state index in [4.69, 9.17) is 0 Å². The van der Waals surface area contributed by atoms with Crippen molar-refractivity contribution in [3.05, 3.63) is 48.7 Å². The van der Waals surface area contributed by atoms with Gasteiger partial charge in [0.1, 0.15) is 0 Å². The Morgan fingerprint density at radius 3 is 2.62 bits per heavy atom. The first-order chi connectivity index (χ1) is 7.75. The summed E-state index contributed by atoms with van der Waals surface area (Å²) >= 11 is 3.72. The van der Waals surface area contributed by atoms with Crippen LogP contribution in [0.5, 0.6) is 0 Å². The zero-order valence-electron chi connectivity index (χ0n) is 8.54. The van der Waals surface area contributed by atoms with Gasteiger partial charge >= 0.3 is 107 Å². The van der Waals surface area contributed by atoms with Gasteiger partial charge in [-0.3, -0.25) is 0 Å². The van der Waals surface area contributed by atoms with Crippen LogP contribution in [0.2, 0.25) is 0 Å². The van der Waals surface area contributed by atoms with E-state index in [2.05, 4.69) is 28.1 Å². The van der Waals surface area contributed by atoms with Crippen molar-refractivity contribution in [3.63, 3.8) is 0 Å². The predicted octanol–water partition coefficient (Wildman–Crippen LogP) is 2.07. The van der Waals surface area contributed by atoms with E-state index >= 15 is 0 Å². The number of carbonyl (C=O) groups excluding carboxylic acids is 1. The standard InChI is InChI=1S/C12H11NOSSe/c14-12(16)9-13-8-4-7-11(13)15-10-5-2-1-3-6-10/h1-8H,9H2,(H,14,16). The van der Waals surface area contributed by atoms with E-state index in [1.54, 1.807) is 11.8 Å². The van der Waals surface area contributed by atoms with Crippen LogP contribution < -0.4 is 0 Å². The van der Waals surface area contributed by atoms with Crippen LogP contribution in [0.15, 0.2) is 58.6 Å². The van der Waals surface area contributed by atoms with E-state index in [1.807, 2.05) is 41.1 Å². The van der Waals surface area contributed by atoms with Gasteiger partial charge in [-0.05, 0) is 0 Å². The van der Waals surface area contributed by atoms with Gasteiger partial charge in [0.05, 0.1) is 0 Å². The van der Waals surface area contributed by atoms with E-state index < -0.39 is 0 Å². The molecule has 4 heteroatoms. The van der Waals surface area contributed by atoms with Crippen molar-refractivity contribution in [1.29, 1.82) is 0 Å².